The number of carbonyl (C=O) groups is 2. The van der Waals surface area contributed by atoms with Gasteiger partial charge in [0.05, 0.1) is 18.9 Å². The summed E-state index contributed by atoms with van der Waals surface area (Å²) in [7, 11) is 0. The lowest BCUT2D eigenvalue weighted by Gasteiger charge is -2.42. The van der Waals surface area contributed by atoms with Crippen LogP contribution < -0.4 is 0 Å². The third-order valence-electron chi connectivity index (χ3n) is 4.79. The van der Waals surface area contributed by atoms with Crippen LogP contribution in [0.3, 0.4) is 0 Å². The second-order valence-electron chi connectivity index (χ2n) is 6.30. The molecule has 1 atom stereocenters. The fraction of sp³-hybridized carbons (Fsp3) is 0.875. The van der Waals surface area contributed by atoms with E-state index in [0.29, 0.717) is 19.2 Å². The molecule has 6 nitrogen and oxygen atoms in total. The Balaban J connectivity index is 1.76. The minimum atomic E-state index is -0.725. The van der Waals surface area contributed by atoms with Crippen molar-refractivity contribution in [2.75, 3.05) is 39.3 Å². The van der Waals surface area contributed by atoms with E-state index in [1.165, 1.54) is 6.42 Å². The van der Waals surface area contributed by atoms with Gasteiger partial charge in [0.1, 0.15) is 0 Å². The van der Waals surface area contributed by atoms with E-state index in [2.05, 4.69) is 9.80 Å². The van der Waals surface area contributed by atoms with E-state index in [1.54, 1.807) is 0 Å². The first kappa shape index (κ1) is 17.2. The summed E-state index contributed by atoms with van der Waals surface area (Å²) in [5, 5.41) is 8.80. The van der Waals surface area contributed by atoms with Crippen molar-refractivity contribution in [1.82, 2.24) is 9.80 Å². The van der Waals surface area contributed by atoms with Crippen LogP contribution in [0.25, 0.3) is 0 Å². The number of carboxylic acids is 1. The molecule has 0 amide bonds. The van der Waals surface area contributed by atoms with Crippen molar-refractivity contribution in [3.63, 3.8) is 0 Å². The van der Waals surface area contributed by atoms with E-state index in [4.69, 9.17) is 9.84 Å². The number of carbonyl (C=O) groups excluding carboxylic acids is 1. The number of hydrogen-bond donors (Lipinski definition) is 1. The third-order valence-corrected chi connectivity index (χ3v) is 4.79. The van der Waals surface area contributed by atoms with E-state index in [0.717, 1.165) is 45.4 Å². The second kappa shape index (κ2) is 8.48. The van der Waals surface area contributed by atoms with Crippen molar-refractivity contribution in [3.05, 3.63) is 0 Å². The predicted molar refractivity (Wildman–Crippen MR) is 82.6 cm³/mol. The van der Waals surface area contributed by atoms with Crippen LogP contribution in [0.5, 0.6) is 0 Å². The smallest absolute Gasteiger partial charge is 0.309 e. The summed E-state index contributed by atoms with van der Waals surface area (Å²) in [6, 6.07) is 0.505. The maximum atomic E-state index is 11.8. The highest BCUT2D eigenvalue weighted by molar-refractivity contribution is 5.72. The number of piperidine rings is 2. The minimum absolute atomic E-state index is 0.0473. The molecule has 0 radical (unpaired) electrons. The Labute approximate surface area is 132 Å². The van der Waals surface area contributed by atoms with E-state index in [1.807, 2.05) is 6.92 Å². The van der Waals surface area contributed by atoms with E-state index in [9.17, 15) is 9.59 Å². The summed E-state index contributed by atoms with van der Waals surface area (Å²) in [4.78, 5) is 27.2. The molecule has 0 aromatic heterocycles. The van der Waals surface area contributed by atoms with Gasteiger partial charge in [0, 0.05) is 19.1 Å². The molecule has 2 heterocycles. The van der Waals surface area contributed by atoms with Crippen LogP contribution in [0, 0.1) is 5.92 Å². The first-order valence-electron chi connectivity index (χ1n) is 8.45. The zero-order chi connectivity index (χ0) is 15.9. The highest BCUT2D eigenvalue weighted by Gasteiger charge is 2.31. The second-order valence-corrected chi connectivity index (χ2v) is 6.30. The molecule has 0 aliphatic carbocycles. The molecule has 0 aromatic rings. The molecule has 2 rings (SSSR count). The molecular weight excluding hydrogens is 284 g/mol. The quantitative estimate of drug-likeness (QED) is 0.743. The molecule has 1 unspecified atom stereocenters. The van der Waals surface area contributed by atoms with E-state index in [-0.39, 0.29) is 18.3 Å². The average Bonchev–Trinajstić information content (AvgIpc) is 2.53. The fourth-order valence-corrected chi connectivity index (χ4v) is 3.55. The summed E-state index contributed by atoms with van der Waals surface area (Å²) in [6.07, 6.45) is 4.28. The van der Waals surface area contributed by atoms with Crippen LogP contribution in [-0.4, -0.2) is 72.2 Å². The van der Waals surface area contributed by atoms with Gasteiger partial charge in [0.2, 0.25) is 0 Å². The standard InChI is InChI=1S/C16H28N2O4/c1-2-22-16(21)13-5-10-18(11-6-13)14-4-3-8-17(12-14)9-7-15(19)20/h13-14H,2-12H2,1H3,(H,19,20). The number of rotatable bonds is 6. The van der Waals surface area contributed by atoms with Gasteiger partial charge in [0.25, 0.3) is 0 Å². The monoisotopic (exact) mass is 312 g/mol. The summed E-state index contributed by atoms with van der Waals surface area (Å²) in [6.45, 7) is 6.80. The highest BCUT2D eigenvalue weighted by Crippen LogP contribution is 2.24. The average molecular weight is 312 g/mol. The third kappa shape index (κ3) is 4.95. The Morgan fingerprint density at radius 1 is 1.18 bits per heavy atom. The zero-order valence-corrected chi connectivity index (χ0v) is 13.5. The molecular formula is C16H28N2O4. The molecule has 6 heteroatoms. The van der Waals surface area contributed by atoms with Crippen molar-refractivity contribution in [2.45, 2.75) is 45.1 Å². The van der Waals surface area contributed by atoms with Crippen LogP contribution in [0.1, 0.15) is 39.0 Å². The molecule has 1 N–H and O–H groups in total. The molecule has 0 saturated carbocycles. The van der Waals surface area contributed by atoms with E-state index < -0.39 is 5.97 Å². The molecule has 22 heavy (non-hydrogen) atoms. The molecule has 0 aromatic carbocycles. The molecule has 2 aliphatic rings. The van der Waals surface area contributed by atoms with Gasteiger partial charge in [-0.15, -0.1) is 0 Å². The first-order chi connectivity index (χ1) is 10.6. The van der Waals surface area contributed by atoms with Crippen molar-refractivity contribution < 1.29 is 19.4 Å². The maximum Gasteiger partial charge on any atom is 0.309 e. The van der Waals surface area contributed by atoms with Crippen molar-refractivity contribution >= 4 is 11.9 Å². The number of aliphatic carboxylic acids is 1. The number of esters is 1. The van der Waals surface area contributed by atoms with Crippen LogP contribution in [0.2, 0.25) is 0 Å². The van der Waals surface area contributed by atoms with Gasteiger partial charge in [-0.25, -0.2) is 0 Å². The van der Waals surface area contributed by atoms with Crippen molar-refractivity contribution in [1.29, 1.82) is 0 Å². The summed E-state index contributed by atoms with van der Waals surface area (Å²) >= 11 is 0. The number of ether oxygens (including phenoxy) is 1. The first-order valence-corrected chi connectivity index (χ1v) is 8.45. The topological polar surface area (TPSA) is 70.1 Å². The number of hydrogen-bond acceptors (Lipinski definition) is 5. The maximum absolute atomic E-state index is 11.8. The van der Waals surface area contributed by atoms with Gasteiger partial charge in [-0.1, -0.05) is 0 Å². The van der Waals surface area contributed by atoms with Gasteiger partial charge >= 0.3 is 11.9 Å². The van der Waals surface area contributed by atoms with Gasteiger partial charge in [0.15, 0.2) is 0 Å². The lowest BCUT2D eigenvalue weighted by molar-refractivity contribution is -0.150. The molecule has 0 spiro atoms. The minimum Gasteiger partial charge on any atom is -0.481 e. The zero-order valence-electron chi connectivity index (χ0n) is 13.5. The molecule has 2 aliphatic heterocycles. The highest BCUT2D eigenvalue weighted by atomic mass is 16.5. The number of nitrogens with zero attached hydrogens (tertiary/aromatic N) is 2. The summed E-state index contributed by atoms with van der Waals surface area (Å²) < 4.78 is 5.11. The Morgan fingerprint density at radius 2 is 1.91 bits per heavy atom. The predicted octanol–water partition coefficient (Wildman–Crippen LogP) is 1.20. The Kier molecular flexibility index (Phi) is 6.64. The summed E-state index contributed by atoms with van der Waals surface area (Å²) in [5.74, 6) is -0.714. The Hall–Kier alpha value is -1.14. The van der Waals surface area contributed by atoms with Crippen LogP contribution in [-0.2, 0) is 14.3 Å². The Bertz CT molecular complexity index is 380. The number of likely N-dealkylation sites (tertiary alicyclic amines) is 2. The number of carboxylic acid groups (broad SMARTS) is 1. The van der Waals surface area contributed by atoms with E-state index >= 15 is 0 Å². The van der Waals surface area contributed by atoms with Gasteiger partial charge < -0.3 is 14.7 Å². The molecule has 126 valence electrons. The fourth-order valence-electron chi connectivity index (χ4n) is 3.55. The van der Waals surface area contributed by atoms with Gasteiger partial charge in [-0.3, -0.25) is 14.5 Å². The normalized spacial score (nSPS) is 25.0. The van der Waals surface area contributed by atoms with Crippen LogP contribution >= 0.6 is 0 Å². The molecule has 2 saturated heterocycles. The van der Waals surface area contributed by atoms with Crippen molar-refractivity contribution in [2.24, 2.45) is 5.92 Å². The van der Waals surface area contributed by atoms with Crippen LogP contribution in [0.15, 0.2) is 0 Å². The van der Waals surface area contributed by atoms with Crippen molar-refractivity contribution in [3.8, 4) is 0 Å². The summed E-state index contributed by atoms with van der Waals surface area (Å²) in [5.41, 5.74) is 0. The van der Waals surface area contributed by atoms with Crippen LogP contribution in [0.4, 0.5) is 0 Å². The van der Waals surface area contributed by atoms with Gasteiger partial charge in [-0.2, -0.15) is 0 Å². The molecule has 0 bridgehead atoms. The lowest BCUT2D eigenvalue weighted by Crippen LogP contribution is -2.51. The van der Waals surface area contributed by atoms with Gasteiger partial charge in [-0.05, 0) is 52.2 Å². The molecule has 2 fully saturated rings. The SMILES string of the molecule is CCOC(=O)C1CCN(C2CCCN(CCC(=O)O)C2)CC1. The largest absolute Gasteiger partial charge is 0.481 e. The lowest BCUT2D eigenvalue weighted by atomic mass is 9.94. The Morgan fingerprint density at radius 3 is 2.55 bits per heavy atom.